The van der Waals surface area contributed by atoms with Crippen molar-refractivity contribution in [2.24, 2.45) is 10.9 Å². The standard InChI is InChI=1S/C18H32N6O2S/c1-13(2)24-12-15-5-6-16(9-17(15)22-24)21-18(19-3)20-10-14-7-8-23(11-14)27(4,25)26/h12-14,16H,5-11H2,1-4H3,(H2,19,20,21). The Kier molecular flexibility index (Phi) is 6.10. The summed E-state index contributed by atoms with van der Waals surface area (Å²) >= 11 is 0. The van der Waals surface area contributed by atoms with E-state index in [0.29, 0.717) is 31.1 Å². The first-order chi connectivity index (χ1) is 12.8. The maximum atomic E-state index is 11.6. The lowest BCUT2D eigenvalue weighted by Crippen LogP contribution is -2.47. The highest BCUT2D eigenvalue weighted by atomic mass is 32.2. The highest BCUT2D eigenvalue weighted by Crippen LogP contribution is 2.22. The first-order valence-corrected chi connectivity index (χ1v) is 11.6. The zero-order valence-electron chi connectivity index (χ0n) is 16.8. The molecule has 2 heterocycles. The van der Waals surface area contributed by atoms with Gasteiger partial charge in [-0.2, -0.15) is 5.10 Å². The van der Waals surface area contributed by atoms with E-state index in [9.17, 15) is 8.42 Å². The Morgan fingerprint density at radius 1 is 1.41 bits per heavy atom. The molecule has 1 aromatic rings. The molecule has 1 aromatic heterocycles. The van der Waals surface area contributed by atoms with E-state index in [0.717, 1.165) is 38.2 Å². The van der Waals surface area contributed by atoms with E-state index in [1.54, 1.807) is 11.4 Å². The minimum Gasteiger partial charge on any atom is -0.356 e. The van der Waals surface area contributed by atoms with Crippen molar-refractivity contribution in [1.82, 2.24) is 24.7 Å². The first-order valence-electron chi connectivity index (χ1n) is 9.75. The van der Waals surface area contributed by atoms with Gasteiger partial charge >= 0.3 is 0 Å². The quantitative estimate of drug-likeness (QED) is 0.567. The van der Waals surface area contributed by atoms with E-state index >= 15 is 0 Å². The molecule has 2 N–H and O–H groups in total. The number of aryl methyl sites for hydroxylation is 1. The van der Waals surface area contributed by atoms with Crippen molar-refractivity contribution in [3.63, 3.8) is 0 Å². The zero-order valence-corrected chi connectivity index (χ0v) is 17.6. The Morgan fingerprint density at radius 3 is 2.81 bits per heavy atom. The Bertz CT molecular complexity index is 786. The number of hydrogen-bond donors (Lipinski definition) is 2. The second kappa shape index (κ2) is 8.18. The van der Waals surface area contributed by atoms with Gasteiger partial charge in [-0.3, -0.25) is 9.67 Å². The Morgan fingerprint density at radius 2 is 2.19 bits per heavy atom. The largest absolute Gasteiger partial charge is 0.356 e. The number of sulfonamides is 1. The molecule has 0 radical (unpaired) electrons. The molecule has 8 nitrogen and oxygen atoms in total. The number of aliphatic imine (C=N–C) groups is 1. The van der Waals surface area contributed by atoms with Crippen molar-refractivity contribution < 1.29 is 8.42 Å². The van der Waals surface area contributed by atoms with Gasteiger partial charge in [0.1, 0.15) is 0 Å². The van der Waals surface area contributed by atoms with Crippen molar-refractivity contribution in [3.05, 3.63) is 17.5 Å². The van der Waals surface area contributed by atoms with Crippen molar-refractivity contribution >= 4 is 16.0 Å². The lowest BCUT2D eigenvalue weighted by molar-refractivity contribution is 0.456. The molecular weight excluding hydrogens is 364 g/mol. The topological polar surface area (TPSA) is 91.6 Å². The molecule has 27 heavy (non-hydrogen) atoms. The number of guanidine groups is 1. The molecular formula is C18H32N6O2S. The van der Waals surface area contributed by atoms with Crippen molar-refractivity contribution in [1.29, 1.82) is 0 Å². The van der Waals surface area contributed by atoms with Gasteiger partial charge in [-0.05, 0) is 44.6 Å². The molecule has 1 fully saturated rings. The maximum absolute atomic E-state index is 11.6. The maximum Gasteiger partial charge on any atom is 0.211 e. The Labute approximate surface area is 162 Å². The fourth-order valence-electron chi connectivity index (χ4n) is 3.79. The summed E-state index contributed by atoms with van der Waals surface area (Å²) in [6.45, 7) is 6.22. The fraction of sp³-hybridized carbons (Fsp3) is 0.778. The third-order valence-corrected chi connectivity index (χ3v) is 6.74. The second-order valence-electron chi connectivity index (χ2n) is 7.99. The van der Waals surface area contributed by atoms with Crippen LogP contribution in [0, 0.1) is 5.92 Å². The molecule has 2 atom stereocenters. The van der Waals surface area contributed by atoms with E-state index in [1.165, 1.54) is 17.5 Å². The fourth-order valence-corrected chi connectivity index (χ4v) is 4.71. The molecule has 0 bridgehead atoms. The van der Waals surface area contributed by atoms with Gasteiger partial charge in [0.25, 0.3) is 0 Å². The minimum absolute atomic E-state index is 0.315. The van der Waals surface area contributed by atoms with Gasteiger partial charge in [0, 0.05) is 51.4 Å². The highest BCUT2D eigenvalue weighted by Gasteiger charge is 2.29. The third kappa shape index (κ3) is 5.01. The van der Waals surface area contributed by atoms with E-state index in [2.05, 4.69) is 35.7 Å². The molecule has 1 aliphatic heterocycles. The number of aromatic nitrogens is 2. The van der Waals surface area contributed by atoms with Gasteiger partial charge in [-0.25, -0.2) is 12.7 Å². The van der Waals surface area contributed by atoms with Crippen LogP contribution in [0.4, 0.5) is 0 Å². The molecule has 0 aromatic carbocycles. The van der Waals surface area contributed by atoms with Crippen LogP contribution < -0.4 is 10.6 Å². The van der Waals surface area contributed by atoms with Crippen LogP contribution in [0.25, 0.3) is 0 Å². The van der Waals surface area contributed by atoms with Crippen molar-refractivity contribution in [2.45, 2.75) is 51.6 Å². The molecule has 3 rings (SSSR count). The number of nitrogens with one attached hydrogen (secondary N) is 2. The summed E-state index contributed by atoms with van der Waals surface area (Å²) in [5, 5.41) is 11.6. The molecule has 0 spiro atoms. The van der Waals surface area contributed by atoms with Crippen LogP contribution in [0.1, 0.15) is 44.0 Å². The van der Waals surface area contributed by atoms with Crippen LogP contribution in [0.5, 0.6) is 0 Å². The van der Waals surface area contributed by atoms with Gasteiger partial charge < -0.3 is 10.6 Å². The summed E-state index contributed by atoms with van der Waals surface area (Å²) in [5.74, 6) is 1.10. The number of fused-ring (bicyclic) bond motifs is 1. The van der Waals surface area contributed by atoms with Crippen LogP contribution in [0.2, 0.25) is 0 Å². The van der Waals surface area contributed by atoms with E-state index < -0.39 is 10.0 Å². The van der Waals surface area contributed by atoms with Crippen LogP contribution in [0.15, 0.2) is 11.2 Å². The lowest BCUT2D eigenvalue weighted by atomic mass is 9.94. The molecule has 2 aliphatic rings. The molecule has 0 saturated carbocycles. The van der Waals surface area contributed by atoms with Crippen LogP contribution in [-0.4, -0.2) is 67.4 Å². The Balaban J connectivity index is 1.50. The van der Waals surface area contributed by atoms with Crippen LogP contribution in [0.3, 0.4) is 0 Å². The van der Waals surface area contributed by atoms with Crippen molar-refractivity contribution in [3.8, 4) is 0 Å². The van der Waals surface area contributed by atoms with Crippen LogP contribution >= 0.6 is 0 Å². The molecule has 1 aliphatic carbocycles. The summed E-state index contributed by atoms with van der Waals surface area (Å²) in [7, 11) is -1.31. The average molecular weight is 397 g/mol. The number of nitrogens with zero attached hydrogens (tertiary/aromatic N) is 4. The first kappa shape index (κ1) is 20.1. The summed E-state index contributed by atoms with van der Waals surface area (Å²) in [5.41, 5.74) is 2.54. The van der Waals surface area contributed by atoms with Crippen LogP contribution in [-0.2, 0) is 22.9 Å². The normalized spacial score (nSPS) is 24.3. The van der Waals surface area contributed by atoms with Crippen molar-refractivity contribution in [2.75, 3.05) is 32.9 Å². The summed E-state index contributed by atoms with van der Waals surface area (Å²) in [4.78, 5) is 4.34. The highest BCUT2D eigenvalue weighted by molar-refractivity contribution is 7.88. The monoisotopic (exact) mass is 396 g/mol. The van der Waals surface area contributed by atoms with E-state index in [-0.39, 0.29) is 0 Å². The second-order valence-corrected chi connectivity index (χ2v) is 9.97. The van der Waals surface area contributed by atoms with Gasteiger partial charge in [0.2, 0.25) is 10.0 Å². The van der Waals surface area contributed by atoms with Gasteiger partial charge in [0.15, 0.2) is 5.96 Å². The van der Waals surface area contributed by atoms with E-state index in [1.807, 2.05) is 4.68 Å². The average Bonchev–Trinajstić information content (AvgIpc) is 3.24. The molecule has 2 unspecified atom stereocenters. The molecule has 9 heteroatoms. The summed E-state index contributed by atoms with van der Waals surface area (Å²) in [6, 6.07) is 0.699. The molecule has 152 valence electrons. The predicted molar refractivity (Wildman–Crippen MR) is 107 cm³/mol. The number of hydrogen-bond acceptors (Lipinski definition) is 4. The van der Waals surface area contributed by atoms with Gasteiger partial charge in [-0.1, -0.05) is 0 Å². The molecule has 0 amide bonds. The van der Waals surface area contributed by atoms with E-state index in [4.69, 9.17) is 5.10 Å². The smallest absolute Gasteiger partial charge is 0.211 e. The predicted octanol–water partition coefficient (Wildman–Crippen LogP) is 0.768. The third-order valence-electron chi connectivity index (χ3n) is 5.47. The lowest BCUT2D eigenvalue weighted by Gasteiger charge is -2.25. The summed E-state index contributed by atoms with van der Waals surface area (Å²) < 4.78 is 26.9. The zero-order chi connectivity index (χ0) is 19.6. The van der Waals surface area contributed by atoms with Gasteiger partial charge in [0.05, 0.1) is 11.9 Å². The molecule has 1 saturated heterocycles. The summed E-state index contributed by atoms with van der Waals surface area (Å²) in [6.07, 6.45) is 7.33. The van der Waals surface area contributed by atoms with Gasteiger partial charge in [-0.15, -0.1) is 0 Å². The minimum atomic E-state index is -3.08. The number of rotatable bonds is 5. The Hall–Kier alpha value is -1.61. The SMILES string of the molecule is CN=C(NCC1CCN(S(C)(=O)=O)C1)NC1CCc2cn(C(C)C)nc2C1.